The number of nitrogens with zero attached hydrogens (tertiary/aromatic N) is 2. The fraction of sp³-hybridized carbons (Fsp3) is 0.481. The number of carbonyl (C=O) groups is 2. The Balaban J connectivity index is 1.83. The molecule has 2 aromatic rings. The largest absolute Gasteiger partial charge is 0.352 e. The standard InChI is InChI=1S/C27H37N3O4S/c1-4-22-15-17-25(18-16-22)30(35(3,33)34)20-26(31)29(19-23-11-7-5-8-12-23)21(2)27(32)28-24-13-9-6-10-14-24/h5,7-8,11-12,15-18,21,24H,4,6,9-10,13-14,19-20H2,1-3H3,(H,28,32)/t21-/m1/s1. The van der Waals surface area contributed by atoms with E-state index in [0.29, 0.717) is 5.69 Å². The SMILES string of the molecule is CCc1ccc(N(CC(=O)N(Cc2ccccc2)[C@H](C)C(=O)NC2CCCCC2)S(C)(=O)=O)cc1. The van der Waals surface area contributed by atoms with E-state index in [-0.39, 0.29) is 25.0 Å². The van der Waals surface area contributed by atoms with Crippen molar-refractivity contribution >= 4 is 27.5 Å². The highest BCUT2D eigenvalue weighted by molar-refractivity contribution is 7.92. The lowest BCUT2D eigenvalue weighted by Crippen LogP contribution is -2.52. The van der Waals surface area contributed by atoms with Crippen LogP contribution in [-0.4, -0.2) is 50.0 Å². The van der Waals surface area contributed by atoms with Gasteiger partial charge in [-0.15, -0.1) is 0 Å². The van der Waals surface area contributed by atoms with Gasteiger partial charge in [0.15, 0.2) is 0 Å². The molecule has 0 unspecified atom stereocenters. The predicted octanol–water partition coefficient (Wildman–Crippen LogP) is 3.88. The van der Waals surface area contributed by atoms with Crippen LogP contribution < -0.4 is 9.62 Å². The average molecular weight is 500 g/mol. The van der Waals surface area contributed by atoms with Gasteiger partial charge in [-0.2, -0.15) is 0 Å². The van der Waals surface area contributed by atoms with Gasteiger partial charge in [0, 0.05) is 12.6 Å². The average Bonchev–Trinajstić information content (AvgIpc) is 2.86. The molecule has 1 fully saturated rings. The third kappa shape index (κ3) is 7.56. The molecule has 0 aliphatic heterocycles. The van der Waals surface area contributed by atoms with Crippen LogP contribution in [0.2, 0.25) is 0 Å². The van der Waals surface area contributed by atoms with Gasteiger partial charge < -0.3 is 10.2 Å². The first-order valence-electron chi connectivity index (χ1n) is 12.4. The molecule has 2 aromatic carbocycles. The summed E-state index contributed by atoms with van der Waals surface area (Å²) in [7, 11) is -3.72. The zero-order valence-electron chi connectivity index (χ0n) is 20.9. The second kappa shape index (κ2) is 12.2. The Labute approximate surface area is 209 Å². The van der Waals surface area contributed by atoms with E-state index >= 15 is 0 Å². The van der Waals surface area contributed by atoms with Gasteiger partial charge >= 0.3 is 0 Å². The van der Waals surface area contributed by atoms with E-state index in [0.717, 1.165) is 53.8 Å². The van der Waals surface area contributed by atoms with Crippen molar-refractivity contribution in [1.29, 1.82) is 0 Å². The minimum atomic E-state index is -3.72. The van der Waals surface area contributed by atoms with Crippen molar-refractivity contribution < 1.29 is 18.0 Å². The second-order valence-electron chi connectivity index (χ2n) is 9.32. The van der Waals surface area contributed by atoms with Crippen LogP contribution in [0.15, 0.2) is 54.6 Å². The molecule has 1 aliphatic carbocycles. The first-order valence-corrected chi connectivity index (χ1v) is 14.2. The van der Waals surface area contributed by atoms with Crippen molar-refractivity contribution in [3.05, 3.63) is 65.7 Å². The van der Waals surface area contributed by atoms with Gasteiger partial charge in [0.1, 0.15) is 12.6 Å². The molecule has 0 spiro atoms. The van der Waals surface area contributed by atoms with E-state index in [1.165, 1.54) is 11.3 Å². The minimum Gasteiger partial charge on any atom is -0.352 e. The maximum absolute atomic E-state index is 13.6. The normalized spacial score (nSPS) is 15.3. The van der Waals surface area contributed by atoms with E-state index < -0.39 is 22.0 Å². The lowest BCUT2D eigenvalue weighted by atomic mass is 9.95. The molecular weight excluding hydrogens is 462 g/mol. The summed E-state index contributed by atoms with van der Waals surface area (Å²) in [5.74, 6) is -0.635. The lowest BCUT2D eigenvalue weighted by molar-refractivity contribution is -0.139. The Bertz CT molecular complexity index is 1080. The number of benzene rings is 2. The van der Waals surface area contributed by atoms with Crippen LogP contribution in [0.25, 0.3) is 0 Å². The van der Waals surface area contributed by atoms with Gasteiger partial charge in [0.05, 0.1) is 11.9 Å². The van der Waals surface area contributed by atoms with Crippen LogP contribution >= 0.6 is 0 Å². The molecule has 1 N–H and O–H groups in total. The Morgan fingerprint density at radius 1 is 0.971 bits per heavy atom. The molecule has 190 valence electrons. The molecule has 1 saturated carbocycles. The van der Waals surface area contributed by atoms with Gasteiger partial charge in [-0.1, -0.05) is 68.7 Å². The van der Waals surface area contributed by atoms with Crippen LogP contribution in [0, 0.1) is 0 Å². The number of anilines is 1. The van der Waals surface area contributed by atoms with Crippen LogP contribution in [0.5, 0.6) is 0 Å². The number of carbonyl (C=O) groups excluding carboxylic acids is 2. The summed E-state index contributed by atoms with van der Waals surface area (Å²) in [5.41, 5.74) is 2.38. The molecule has 0 aromatic heterocycles. The third-order valence-corrected chi connectivity index (χ3v) is 7.77. The number of aryl methyl sites for hydroxylation is 1. The maximum atomic E-state index is 13.6. The van der Waals surface area contributed by atoms with E-state index in [2.05, 4.69) is 5.32 Å². The van der Waals surface area contributed by atoms with Gasteiger partial charge in [-0.05, 0) is 49.4 Å². The monoisotopic (exact) mass is 499 g/mol. The van der Waals surface area contributed by atoms with E-state index in [4.69, 9.17) is 0 Å². The van der Waals surface area contributed by atoms with Crippen molar-refractivity contribution in [2.24, 2.45) is 0 Å². The Morgan fingerprint density at radius 3 is 2.17 bits per heavy atom. The molecule has 0 saturated heterocycles. The number of hydrogen-bond donors (Lipinski definition) is 1. The molecular formula is C27H37N3O4S. The molecule has 0 bridgehead atoms. The van der Waals surface area contributed by atoms with Gasteiger partial charge in [-0.3, -0.25) is 13.9 Å². The van der Waals surface area contributed by atoms with Crippen LogP contribution in [0.4, 0.5) is 5.69 Å². The number of amides is 2. The molecule has 2 amide bonds. The fourth-order valence-electron chi connectivity index (χ4n) is 4.44. The highest BCUT2D eigenvalue weighted by atomic mass is 32.2. The Kier molecular flexibility index (Phi) is 9.32. The molecule has 3 rings (SSSR count). The second-order valence-corrected chi connectivity index (χ2v) is 11.2. The van der Waals surface area contributed by atoms with E-state index in [9.17, 15) is 18.0 Å². The molecule has 0 heterocycles. The topological polar surface area (TPSA) is 86.8 Å². The first-order chi connectivity index (χ1) is 16.7. The van der Waals surface area contributed by atoms with Crippen molar-refractivity contribution in [2.45, 2.75) is 71.0 Å². The summed E-state index contributed by atoms with van der Waals surface area (Å²) in [5, 5.41) is 3.10. The van der Waals surface area contributed by atoms with Crippen LogP contribution in [0.3, 0.4) is 0 Å². The summed E-state index contributed by atoms with van der Waals surface area (Å²) in [6.07, 6.45) is 7.17. The molecule has 35 heavy (non-hydrogen) atoms. The van der Waals surface area contributed by atoms with Crippen molar-refractivity contribution in [3.63, 3.8) is 0 Å². The fourth-order valence-corrected chi connectivity index (χ4v) is 5.29. The number of nitrogens with one attached hydrogen (secondary N) is 1. The summed E-state index contributed by atoms with van der Waals surface area (Å²) in [6, 6.07) is 16.0. The van der Waals surface area contributed by atoms with E-state index in [1.54, 1.807) is 19.1 Å². The smallest absolute Gasteiger partial charge is 0.244 e. The highest BCUT2D eigenvalue weighted by Crippen LogP contribution is 2.21. The molecule has 1 aliphatic rings. The zero-order chi connectivity index (χ0) is 25.4. The first kappa shape index (κ1) is 26.7. The molecule has 0 radical (unpaired) electrons. The summed E-state index contributed by atoms with van der Waals surface area (Å²) >= 11 is 0. The summed E-state index contributed by atoms with van der Waals surface area (Å²) < 4.78 is 26.4. The van der Waals surface area contributed by atoms with Gasteiger partial charge in [0.25, 0.3) is 0 Å². The highest BCUT2D eigenvalue weighted by Gasteiger charge is 2.31. The zero-order valence-corrected chi connectivity index (χ0v) is 21.8. The molecule has 8 heteroatoms. The summed E-state index contributed by atoms with van der Waals surface area (Å²) in [4.78, 5) is 28.2. The Morgan fingerprint density at radius 2 is 1.60 bits per heavy atom. The number of rotatable bonds is 10. The van der Waals surface area contributed by atoms with Crippen molar-refractivity contribution in [2.75, 3.05) is 17.1 Å². The quantitative estimate of drug-likeness (QED) is 0.538. The lowest BCUT2D eigenvalue weighted by Gasteiger charge is -2.33. The predicted molar refractivity (Wildman–Crippen MR) is 139 cm³/mol. The molecule has 1 atom stereocenters. The summed E-state index contributed by atoms with van der Waals surface area (Å²) in [6.45, 7) is 3.57. The van der Waals surface area contributed by atoms with Gasteiger partial charge in [0.2, 0.25) is 21.8 Å². The maximum Gasteiger partial charge on any atom is 0.244 e. The van der Waals surface area contributed by atoms with Crippen molar-refractivity contribution in [1.82, 2.24) is 10.2 Å². The Hall–Kier alpha value is -2.87. The van der Waals surface area contributed by atoms with Crippen LogP contribution in [-0.2, 0) is 32.6 Å². The van der Waals surface area contributed by atoms with Crippen LogP contribution in [0.1, 0.15) is 57.1 Å². The molecule has 7 nitrogen and oxygen atoms in total. The van der Waals surface area contributed by atoms with Gasteiger partial charge in [-0.25, -0.2) is 8.42 Å². The third-order valence-electron chi connectivity index (χ3n) is 6.63. The number of hydrogen-bond acceptors (Lipinski definition) is 4. The van der Waals surface area contributed by atoms with E-state index in [1.807, 2.05) is 49.4 Å². The van der Waals surface area contributed by atoms with Crippen molar-refractivity contribution in [3.8, 4) is 0 Å². The minimum absolute atomic E-state index is 0.122. The number of sulfonamides is 1.